The average Bonchev–Trinajstić information content (AvgIpc) is 3.20. The molecule has 0 amide bonds. The van der Waals surface area contributed by atoms with Gasteiger partial charge in [0.1, 0.15) is 17.9 Å². The summed E-state index contributed by atoms with van der Waals surface area (Å²) in [7, 11) is 0. The van der Waals surface area contributed by atoms with Crippen LogP contribution in [0.15, 0.2) is 47.4 Å². The molecule has 0 radical (unpaired) electrons. The molecule has 5 nitrogen and oxygen atoms in total. The van der Waals surface area contributed by atoms with Gasteiger partial charge in [0.2, 0.25) is 5.78 Å². The van der Waals surface area contributed by atoms with Crippen molar-refractivity contribution in [3.63, 3.8) is 0 Å². The number of aromatic nitrogens is 3. The first-order valence-corrected chi connectivity index (χ1v) is 7.68. The minimum Gasteiger partial charge on any atom is -0.507 e. The molecule has 0 spiro atoms. The molecule has 0 aliphatic carbocycles. The summed E-state index contributed by atoms with van der Waals surface area (Å²) in [5.41, 5.74) is 2.35. The van der Waals surface area contributed by atoms with E-state index in [1.54, 1.807) is 17.5 Å². The highest BCUT2D eigenvalue weighted by molar-refractivity contribution is 7.08. The highest BCUT2D eigenvalue weighted by Gasteiger charge is 2.13. The molecule has 3 aromatic rings. The van der Waals surface area contributed by atoms with Crippen LogP contribution in [0.4, 0.5) is 4.39 Å². The lowest BCUT2D eigenvalue weighted by molar-refractivity contribution is 0.103. The number of H-pyrrole nitrogens is 1. The molecule has 0 saturated carbocycles. The third-order valence-corrected chi connectivity index (χ3v) is 4.03. The Morgan fingerprint density at radius 1 is 1.30 bits per heavy atom. The number of nitrogens with one attached hydrogen (secondary N) is 1. The number of hydrogen-bond acceptors (Lipinski definition) is 5. The van der Waals surface area contributed by atoms with Crippen molar-refractivity contribution in [2.75, 3.05) is 0 Å². The summed E-state index contributed by atoms with van der Waals surface area (Å²) < 4.78 is 13.0. The van der Waals surface area contributed by atoms with Crippen molar-refractivity contribution in [1.29, 1.82) is 0 Å². The summed E-state index contributed by atoms with van der Waals surface area (Å²) in [6.45, 7) is 0. The number of ketones is 1. The normalized spacial score (nSPS) is 11.6. The van der Waals surface area contributed by atoms with Crippen LogP contribution in [0.25, 0.3) is 5.76 Å². The molecule has 0 unspecified atom stereocenters. The zero-order valence-electron chi connectivity index (χ0n) is 11.9. The summed E-state index contributed by atoms with van der Waals surface area (Å²) >= 11 is 1.42. The third kappa shape index (κ3) is 3.51. The number of carbonyl (C=O) groups excluding carboxylic acids is 1. The number of hydrogen-bond donors (Lipinski definition) is 2. The number of rotatable bonds is 5. The number of aromatic amines is 1. The Labute approximate surface area is 135 Å². The Morgan fingerprint density at radius 2 is 2.09 bits per heavy atom. The van der Waals surface area contributed by atoms with Gasteiger partial charge >= 0.3 is 0 Å². The molecule has 0 aliphatic heterocycles. The van der Waals surface area contributed by atoms with E-state index in [1.165, 1.54) is 29.8 Å². The molecule has 0 aliphatic rings. The van der Waals surface area contributed by atoms with E-state index in [9.17, 15) is 14.3 Å². The first-order chi connectivity index (χ1) is 11.1. The molecule has 2 heterocycles. The van der Waals surface area contributed by atoms with Crippen LogP contribution in [0.1, 0.15) is 27.3 Å². The molecule has 116 valence electrons. The van der Waals surface area contributed by atoms with E-state index in [0.717, 1.165) is 17.2 Å². The minimum atomic E-state index is -0.459. The summed E-state index contributed by atoms with van der Waals surface area (Å²) in [4.78, 5) is 15.7. The zero-order chi connectivity index (χ0) is 16.2. The number of halogens is 1. The zero-order valence-corrected chi connectivity index (χ0v) is 12.7. The molecular weight excluding hydrogens is 317 g/mol. The van der Waals surface area contributed by atoms with Crippen molar-refractivity contribution in [2.45, 2.75) is 6.42 Å². The van der Waals surface area contributed by atoms with Gasteiger partial charge in [0, 0.05) is 17.0 Å². The molecule has 1 aromatic carbocycles. The van der Waals surface area contributed by atoms with Gasteiger partial charge in [0.15, 0.2) is 5.82 Å². The van der Waals surface area contributed by atoms with Gasteiger partial charge in [-0.2, -0.15) is 16.4 Å². The second kappa shape index (κ2) is 6.53. The quantitative estimate of drug-likeness (QED) is 0.427. The molecule has 3 rings (SSSR count). The number of allylic oxidation sites excluding steroid dienone is 1. The van der Waals surface area contributed by atoms with Crippen LogP contribution < -0.4 is 0 Å². The van der Waals surface area contributed by atoms with Gasteiger partial charge < -0.3 is 5.11 Å². The summed E-state index contributed by atoms with van der Waals surface area (Å²) in [6.07, 6.45) is 2.87. The molecule has 2 N–H and O–H groups in total. The molecular formula is C16H12FN3O2S. The van der Waals surface area contributed by atoms with Crippen molar-refractivity contribution in [1.82, 2.24) is 15.2 Å². The number of thiophene rings is 1. The molecule has 0 saturated heterocycles. The van der Waals surface area contributed by atoms with E-state index in [4.69, 9.17) is 0 Å². The van der Waals surface area contributed by atoms with E-state index in [0.29, 0.717) is 12.0 Å². The van der Waals surface area contributed by atoms with Gasteiger partial charge in [-0.1, -0.05) is 12.1 Å². The number of aliphatic hydroxyl groups is 1. The fourth-order valence-corrected chi connectivity index (χ4v) is 2.95. The van der Waals surface area contributed by atoms with Crippen molar-refractivity contribution in [3.05, 3.63) is 75.8 Å². The van der Waals surface area contributed by atoms with Crippen LogP contribution in [0.3, 0.4) is 0 Å². The van der Waals surface area contributed by atoms with Gasteiger partial charge in [-0.05, 0) is 35.1 Å². The van der Waals surface area contributed by atoms with E-state index in [1.807, 2.05) is 5.38 Å². The van der Waals surface area contributed by atoms with Gasteiger partial charge in [-0.15, -0.1) is 0 Å². The smallest absolute Gasteiger partial charge is 0.226 e. The first kappa shape index (κ1) is 15.1. The predicted octanol–water partition coefficient (Wildman–Crippen LogP) is 3.38. The van der Waals surface area contributed by atoms with Gasteiger partial charge in [0.25, 0.3) is 0 Å². The van der Waals surface area contributed by atoms with E-state index in [2.05, 4.69) is 15.2 Å². The monoisotopic (exact) mass is 329 g/mol. The second-order valence-electron chi connectivity index (χ2n) is 4.84. The molecule has 7 heteroatoms. The molecule has 2 aromatic heterocycles. The number of carbonyl (C=O) groups is 1. The number of nitrogens with zero attached hydrogens (tertiary/aromatic N) is 2. The van der Waals surface area contributed by atoms with Crippen molar-refractivity contribution >= 4 is 22.9 Å². The molecule has 0 bridgehead atoms. The summed E-state index contributed by atoms with van der Waals surface area (Å²) in [6, 6.07) is 6.17. The van der Waals surface area contributed by atoms with E-state index in [-0.39, 0.29) is 17.4 Å². The first-order valence-electron chi connectivity index (χ1n) is 6.73. The van der Waals surface area contributed by atoms with Crippen molar-refractivity contribution in [3.8, 4) is 0 Å². The minimum absolute atomic E-state index is 0.0619. The lowest BCUT2D eigenvalue weighted by Gasteiger charge is -2.04. The molecule has 23 heavy (non-hydrogen) atoms. The Balaban J connectivity index is 1.82. The van der Waals surface area contributed by atoms with Crippen LogP contribution in [0.2, 0.25) is 0 Å². The van der Waals surface area contributed by atoms with Gasteiger partial charge in [0.05, 0.1) is 0 Å². The Hall–Kier alpha value is -2.80. The van der Waals surface area contributed by atoms with Crippen LogP contribution in [-0.2, 0) is 6.42 Å². The van der Waals surface area contributed by atoms with Gasteiger partial charge in [-0.25, -0.2) is 9.37 Å². The number of benzene rings is 1. The van der Waals surface area contributed by atoms with Crippen LogP contribution >= 0.6 is 11.3 Å². The van der Waals surface area contributed by atoms with Gasteiger partial charge in [-0.3, -0.25) is 9.89 Å². The Bertz CT molecular complexity index is 839. The maximum absolute atomic E-state index is 13.0. The standard InChI is InChI=1S/C16H12FN3O2S/c17-12-3-1-10(2-4-12)5-11-7-23-8-13(11)14(21)6-15(22)16-18-9-19-20-16/h1-4,6-9,21H,5H2,(H,18,19,20). The summed E-state index contributed by atoms with van der Waals surface area (Å²) in [5.74, 6) is -0.824. The van der Waals surface area contributed by atoms with Crippen molar-refractivity contribution < 1.29 is 14.3 Å². The van der Waals surface area contributed by atoms with E-state index < -0.39 is 5.78 Å². The predicted molar refractivity (Wildman–Crippen MR) is 84.8 cm³/mol. The third-order valence-electron chi connectivity index (χ3n) is 3.24. The Morgan fingerprint density at radius 3 is 2.78 bits per heavy atom. The highest BCUT2D eigenvalue weighted by atomic mass is 32.1. The topological polar surface area (TPSA) is 78.9 Å². The fraction of sp³-hybridized carbons (Fsp3) is 0.0625. The largest absolute Gasteiger partial charge is 0.507 e. The van der Waals surface area contributed by atoms with Crippen molar-refractivity contribution in [2.24, 2.45) is 0 Å². The maximum Gasteiger partial charge on any atom is 0.226 e. The average molecular weight is 329 g/mol. The lowest BCUT2D eigenvalue weighted by Crippen LogP contribution is -2.00. The van der Waals surface area contributed by atoms with Crippen LogP contribution in [-0.4, -0.2) is 26.1 Å². The highest BCUT2D eigenvalue weighted by Crippen LogP contribution is 2.24. The number of aliphatic hydroxyl groups excluding tert-OH is 1. The second-order valence-corrected chi connectivity index (χ2v) is 5.59. The summed E-state index contributed by atoms with van der Waals surface area (Å²) in [5, 5.41) is 19.9. The SMILES string of the molecule is O=C(C=C(O)c1cscc1Cc1ccc(F)cc1)c1ncn[nH]1. The van der Waals surface area contributed by atoms with Crippen LogP contribution in [0.5, 0.6) is 0 Å². The van der Waals surface area contributed by atoms with Crippen LogP contribution in [0, 0.1) is 5.82 Å². The lowest BCUT2D eigenvalue weighted by atomic mass is 10.0. The van der Waals surface area contributed by atoms with E-state index >= 15 is 0 Å². The molecule has 0 fully saturated rings. The molecule has 0 atom stereocenters. The maximum atomic E-state index is 13.0. The Kier molecular flexibility index (Phi) is 4.29. The fourth-order valence-electron chi connectivity index (χ4n) is 2.10.